The quantitative estimate of drug-likeness (QED) is 0.910. The fraction of sp³-hybridized carbons (Fsp3) is 0.600. The molecule has 1 aromatic rings. The largest absolute Gasteiger partial charge is 0.486 e. The van der Waals surface area contributed by atoms with Crippen molar-refractivity contribution >= 4 is 5.69 Å². The Morgan fingerprint density at radius 2 is 1.79 bits per heavy atom. The van der Waals surface area contributed by atoms with Gasteiger partial charge in [-0.15, -0.1) is 0 Å². The SMILES string of the molecule is COC1CCC(Nc2ccc3c(c2)OCCO3)CC1. The van der Waals surface area contributed by atoms with Crippen LogP contribution in [0.4, 0.5) is 5.69 Å². The van der Waals surface area contributed by atoms with Crippen LogP contribution in [0.3, 0.4) is 0 Å². The molecule has 0 radical (unpaired) electrons. The summed E-state index contributed by atoms with van der Waals surface area (Å²) in [6.07, 6.45) is 5.04. The van der Waals surface area contributed by atoms with Crippen molar-refractivity contribution in [2.45, 2.75) is 37.8 Å². The average Bonchev–Trinajstić information content (AvgIpc) is 2.48. The first kappa shape index (κ1) is 12.6. The second-order valence-electron chi connectivity index (χ2n) is 5.21. The lowest BCUT2D eigenvalue weighted by Crippen LogP contribution is -2.29. The predicted molar refractivity (Wildman–Crippen MR) is 74.1 cm³/mol. The van der Waals surface area contributed by atoms with E-state index in [1.54, 1.807) is 7.11 Å². The molecule has 4 nitrogen and oxygen atoms in total. The number of hydrogen-bond acceptors (Lipinski definition) is 4. The third kappa shape index (κ3) is 2.95. The van der Waals surface area contributed by atoms with E-state index in [-0.39, 0.29) is 0 Å². The summed E-state index contributed by atoms with van der Waals surface area (Å²) in [7, 11) is 1.80. The molecule has 104 valence electrons. The summed E-state index contributed by atoms with van der Waals surface area (Å²) in [5.74, 6) is 1.70. The maximum absolute atomic E-state index is 5.60. The molecule has 1 aromatic carbocycles. The topological polar surface area (TPSA) is 39.7 Å². The van der Waals surface area contributed by atoms with Gasteiger partial charge in [0.05, 0.1) is 6.10 Å². The van der Waals surface area contributed by atoms with Gasteiger partial charge in [0.1, 0.15) is 13.2 Å². The summed E-state index contributed by atoms with van der Waals surface area (Å²) in [4.78, 5) is 0. The van der Waals surface area contributed by atoms with Crippen molar-refractivity contribution in [2.24, 2.45) is 0 Å². The van der Waals surface area contributed by atoms with Gasteiger partial charge in [-0.2, -0.15) is 0 Å². The Morgan fingerprint density at radius 3 is 2.53 bits per heavy atom. The Hall–Kier alpha value is -1.42. The number of fused-ring (bicyclic) bond motifs is 1. The van der Waals surface area contributed by atoms with Crippen molar-refractivity contribution in [2.75, 3.05) is 25.6 Å². The monoisotopic (exact) mass is 263 g/mol. The van der Waals surface area contributed by atoms with Crippen molar-refractivity contribution in [3.63, 3.8) is 0 Å². The third-order valence-electron chi connectivity index (χ3n) is 3.92. The summed E-state index contributed by atoms with van der Waals surface area (Å²) < 4.78 is 16.5. The molecule has 1 saturated carbocycles. The number of ether oxygens (including phenoxy) is 3. The van der Waals surface area contributed by atoms with Gasteiger partial charge in [0.15, 0.2) is 11.5 Å². The Labute approximate surface area is 114 Å². The third-order valence-corrected chi connectivity index (χ3v) is 3.92. The first-order valence-corrected chi connectivity index (χ1v) is 7.04. The van der Waals surface area contributed by atoms with E-state index in [9.17, 15) is 0 Å². The van der Waals surface area contributed by atoms with Crippen LogP contribution in [0.5, 0.6) is 11.5 Å². The van der Waals surface area contributed by atoms with Crippen LogP contribution < -0.4 is 14.8 Å². The molecule has 0 aromatic heterocycles. The summed E-state index contributed by atoms with van der Waals surface area (Å²) in [6, 6.07) is 6.62. The van der Waals surface area contributed by atoms with Gasteiger partial charge in [-0.25, -0.2) is 0 Å². The zero-order chi connectivity index (χ0) is 13.1. The van der Waals surface area contributed by atoms with E-state index in [2.05, 4.69) is 11.4 Å². The van der Waals surface area contributed by atoms with Crippen LogP contribution in [0, 0.1) is 0 Å². The lowest BCUT2D eigenvalue weighted by molar-refractivity contribution is 0.0682. The van der Waals surface area contributed by atoms with E-state index in [1.807, 2.05) is 12.1 Å². The van der Waals surface area contributed by atoms with Crippen LogP contribution in [0.1, 0.15) is 25.7 Å². The van der Waals surface area contributed by atoms with Crippen LogP contribution in [-0.2, 0) is 4.74 Å². The Morgan fingerprint density at radius 1 is 1.05 bits per heavy atom. The van der Waals surface area contributed by atoms with Crippen LogP contribution in [-0.4, -0.2) is 32.5 Å². The average molecular weight is 263 g/mol. The number of benzene rings is 1. The Kier molecular flexibility index (Phi) is 3.78. The maximum atomic E-state index is 5.60. The molecule has 1 aliphatic carbocycles. The van der Waals surface area contributed by atoms with Crippen molar-refractivity contribution in [1.29, 1.82) is 0 Å². The van der Waals surface area contributed by atoms with Gasteiger partial charge < -0.3 is 19.5 Å². The van der Waals surface area contributed by atoms with Crippen LogP contribution in [0.25, 0.3) is 0 Å². The highest BCUT2D eigenvalue weighted by molar-refractivity contribution is 5.55. The van der Waals surface area contributed by atoms with Crippen molar-refractivity contribution in [1.82, 2.24) is 0 Å². The fourth-order valence-electron chi connectivity index (χ4n) is 2.81. The summed E-state index contributed by atoms with van der Waals surface area (Å²) in [5, 5.41) is 3.58. The molecule has 2 aliphatic rings. The van der Waals surface area contributed by atoms with Crippen molar-refractivity contribution in [3.8, 4) is 11.5 Å². The predicted octanol–water partition coefficient (Wildman–Crippen LogP) is 2.83. The second-order valence-corrected chi connectivity index (χ2v) is 5.21. The minimum Gasteiger partial charge on any atom is -0.486 e. The molecule has 1 aliphatic heterocycles. The first-order chi connectivity index (χ1) is 9.35. The van der Waals surface area contributed by atoms with Crippen LogP contribution in [0.2, 0.25) is 0 Å². The summed E-state index contributed by atoms with van der Waals surface area (Å²) in [6.45, 7) is 1.27. The van der Waals surface area contributed by atoms with Gasteiger partial charge in [0, 0.05) is 24.9 Å². The highest BCUT2D eigenvalue weighted by atomic mass is 16.6. The molecule has 0 atom stereocenters. The minimum atomic E-state index is 0.443. The Bertz CT molecular complexity index is 427. The van der Waals surface area contributed by atoms with E-state index in [4.69, 9.17) is 14.2 Å². The lowest BCUT2D eigenvalue weighted by Gasteiger charge is -2.29. The highest BCUT2D eigenvalue weighted by Crippen LogP contribution is 2.33. The Balaban J connectivity index is 1.61. The molecule has 1 heterocycles. The zero-order valence-corrected chi connectivity index (χ0v) is 11.4. The maximum Gasteiger partial charge on any atom is 0.163 e. The summed E-state index contributed by atoms with van der Waals surface area (Å²) in [5.41, 5.74) is 1.12. The van der Waals surface area contributed by atoms with E-state index in [1.165, 1.54) is 0 Å². The number of anilines is 1. The van der Waals surface area contributed by atoms with E-state index in [0.29, 0.717) is 25.4 Å². The minimum absolute atomic E-state index is 0.443. The molecular formula is C15H21NO3. The molecule has 1 fully saturated rings. The number of nitrogens with one attached hydrogen (secondary N) is 1. The van der Waals surface area contributed by atoms with Gasteiger partial charge in [-0.1, -0.05) is 0 Å². The summed E-state index contributed by atoms with van der Waals surface area (Å²) >= 11 is 0. The van der Waals surface area contributed by atoms with Crippen molar-refractivity contribution < 1.29 is 14.2 Å². The van der Waals surface area contributed by atoms with Crippen LogP contribution in [0.15, 0.2) is 18.2 Å². The van der Waals surface area contributed by atoms with Gasteiger partial charge in [-0.05, 0) is 37.8 Å². The molecule has 0 spiro atoms. The van der Waals surface area contributed by atoms with Crippen molar-refractivity contribution in [3.05, 3.63) is 18.2 Å². The molecule has 3 rings (SSSR count). The fourth-order valence-corrected chi connectivity index (χ4v) is 2.81. The standard InChI is InChI=1S/C15H21NO3/c1-17-13-5-2-11(3-6-13)16-12-4-7-14-15(10-12)19-9-8-18-14/h4,7,10-11,13,16H,2-3,5-6,8-9H2,1H3. The van der Waals surface area contributed by atoms with E-state index < -0.39 is 0 Å². The molecular weight excluding hydrogens is 242 g/mol. The number of rotatable bonds is 3. The molecule has 4 heteroatoms. The smallest absolute Gasteiger partial charge is 0.163 e. The highest BCUT2D eigenvalue weighted by Gasteiger charge is 2.21. The lowest BCUT2D eigenvalue weighted by atomic mass is 9.93. The van der Waals surface area contributed by atoms with E-state index in [0.717, 1.165) is 42.9 Å². The van der Waals surface area contributed by atoms with Gasteiger partial charge >= 0.3 is 0 Å². The molecule has 0 saturated heterocycles. The number of hydrogen-bond donors (Lipinski definition) is 1. The molecule has 0 bridgehead atoms. The van der Waals surface area contributed by atoms with E-state index >= 15 is 0 Å². The molecule has 0 unspecified atom stereocenters. The van der Waals surface area contributed by atoms with Gasteiger partial charge in [-0.3, -0.25) is 0 Å². The molecule has 1 N–H and O–H groups in total. The van der Waals surface area contributed by atoms with Gasteiger partial charge in [0.25, 0.3) is 0 Å². The zero-order valence-electron chi connectivity index (χ0n) is 11.4. The van der Waals surface area contributed by atoms with Crippen LogP contribution >= 0.6 is 0 Å². The second kappa shape index (κ2) is 5.70. The number of methoxy groups -OCH3 is 1. The molecule has 19 heavy (non-hydrogen) atoms. The first-order valence-electron chi connectivity index (χ1n) is 7.04. The molecule has 0 amide bonds. The van der Waals surface area contributed by atoms with Gasteiger partial charge in [0.2, 0.25) is 0 Å². The normalized spacial score (nSPS) is 25.9.